The molecule has 2 rings (SSSR count). The summed E-state index contributed by atoms with van der Waals surface area (Å²) < 4.78 is 1.25. The minimum absolute atomic E-state index is 0.241. The third-order valence-electron chi connectivity index (χ3n) is 3.03. The highest BCUT2D eigenvalue weighted by atomic mass is 127. The van der Waals surface area contributed by atoms with E-state index in [-0.39, 0.29) is 6.04 Å². The average Bonchev–Trinajstić information content (AvgIpc) is 2.80. The number of hydrogen-bond acceptors (Lipinski definition) is 2. The van der Waals surface area contributed by atoms with Crippen LogP contribution in [0, 0.1) is 10.5 Å². The SMILES string of the molecule is CCCNC(c1cc(Cl)ccc1I)c1sccc1C. The van der Waals surface area contributed by atoms with E-state index in [4.69, 9.17) is 11.6 Å². The van der Waals surface area contributed by atoms with Crippen LogP contribution in [0.4, 0.5) is 0 Å². The summed E-state index contributed by atoms with van der Waals surface area (Å²) in [7, 11) is 0. The van der Waals surface area contributed by atoms with Crippen molar-refractivity contribution in [3.8, 4) is 0 Å². The van der Waals surface area contributed by atoms with Crippen molar-refractivity contribution in [3.05, 3.63) is 54.2 Å². The van der Waals surface area contributed by atoms with E-state index in [2.05, 4.69) is 65.3 Å². The molecule has 0 aliphatic rings. The van der Waals surface area contributed by atoms with Crippen LogP contribution in [0.15, 0.2) is 29.6 Å². The molecule has 1 aromatic heterocycles. The molecule has 1 aromatic carbocycles. The third kappa shape index (κ3) is 3.72. The highest BCUT2D eigenvalue weighted by molar-refractivity contribution is 14.1. The van der Waals surface area contributed by atoms with Crippen LogP contribution in [0.1, 0.15) is 35.4 Å². The first-order valence-corrected chi connectivity index (χ1v) is 8.69. The molecule has 102 valence electrons. The van der Waals surface area contributed by atoms with E-state index < -0.39 is 0 Å². The normalized spacial score (nSPS) is 12.6. The first kappa shape index (κ1) is 15.3. The molecule has 0 aliphatic carbocycles. The van der Waals surface area contributed by atoms with Crippen LogP contribution in [0.25, 0.3) is 0 Å². The topological polar surface area (TPSA) is 12.0 Å². The summed E-state index contributed by atoms with van der Waals surface area (Å²) in [6, 6.07) is 8.53. The molecule has 1 atom stereocenters. The zero-order valence-electron chi connectivity index (χ0n) is 11.0. The maximum atomic E-state index is 6.17. The van der Waals surface area contributed by atoms with Crippen molar-refractivity contribution in [2.45, 2.75) is 26.3 Å². The molecule has 1 unspecified atom stereocenters. The van der Waals surface area contributed by atoms with Gasteiger partial charge in [0, 0.05) is 13.5 Å². The molecule has 0 radical (unpaired) electrons. The summed E-state index contributed by atoms with van der Waals surface area (Å²) in [5.74, 6) is 0. The fraction of sp³-hybridized carbons (Fsp3) is 0.333. The molecule has 0 fully saturated rings. The van der Waals surface area contributed by atoms with Crippen molar-refractivity contribution in [3.63, 3.8) is 0 Å². The molecular weight excluding hydrogens is 389 g/mol. The molecule has 0 saturated carbocycles. The Labute approximate surface area is 137 Å². The lowest BCUT2D eigenvalue weighted by molar-refractivity contribution is 0.602. The Morgan fingerprint density at radius 2 is 2.16 bits per heavy atom. The molecule has 1 nitrogen and oxygen atoms in total. The number of thiophene rings is 1. The smallest absolute Gasteiger partial charge is 0.0684 e. The lowest BCUT2D eigenvalue weighted by atomic mass is 10.0. The lowest BCUT2D eigenvalue weighted by Crippen LogP contribution is -2.23. The third-order valence-corrected chi connectivity index (χ3v) is 5.33. The largest absolute Gasteiger partial charge is 0.306 e. The maximum absolute atomic E-state index is 6.17. The lowest BCUT2D eigenvalue weighted by Gasteiger charge is -2.20. The molecule has 1 heterocycles. The van der Waals surface area contributed by atoms with Crippen LogP contribution in [0.5, 0.6) is 0 Å². The number of halogens is 2. The van der Waals surface area contributed by atoms with Gasteiger partial charge in [-0.05, 0) is 83.3 Å². The molecule has 4 heteroatoms. The van der Waals surface area contributed by atoms with Crippen LogP contribution in [-0.4, -0.2) is 6.54 Å². The predicted molar refractivity (Wildman–Crippen MR) is 93.4 cm³/mol. The molecule has 0 spiro atoms. The highest BCUT2D eigenvalue weighted by Crippen LogP contribution is 2.33. The van der Waals surface area contributed by atoms with Crippen molar-refractivity contribution in [1.82, 2.24) is 5.32 Å². The van der Waals surface area contributed by atoms with Crippen molar-refractivity contribution in [2.75, 3.05) is 6.54 Å². The molecule has 0 saturated heterocycles. The van der Waals surface area contributed by atoms with E-state index in [0.29, 0.717) is 0 Å². The monoisotopic (exact) mass is 405 g/mol. The molecule has 0 bridgehead atoms. The molecule has 0 amide bonds. The van der Waals surface area contributed by atoms with Crippen LogP contribution >= 0.6 is 45.5 Å². The second kappa shape index (κ2) is 7.07. The van der Waals surface area contributed by atoms with Gasteiger partial charge in [-0.2, -0.15) is 0 Å². The van der Waals surface area contributed by atoms with Crippen LogP contribution < -0.4 is 5.32 Å². The Hall–Kier alpha value is -0.100. The van der Waals surface area contributed by atoms with Crippen molar-refractivity contribution in [2.24, 2.45) is 0 Å². The van der Waals surface area contributed by atoms with E-state index >= 15 is 0 Å². The van der Waals surface area contributed by atoms with Gasteiger partial charge in [0.05, 0.1) is 6.04 Å². The van der Waals surface area contributed by atoms with E-state index in [0.717, 1.165) is 18.0 Å². The van der Waals surface area contributed by atoms with Gasteiger partial charge in [-0.25, -0.2) is 0 Å². The number of nitrogens with one attached hydrogen (secondary N) is 1. The van der Waals surface area contributed by atoms with Gasteiger partial charge in [-0.15, -0.1) is 11.3 Å². The highest BCUT2D eigenvalue weighted by Gasteiger charge is 2.19. The quantitative estimate of drug-likeness (QED) is 0.656. The van der Waals surface area contributed by atoms with Gasteiger partial charge in [-0.3, -0.25) is 0 Å². The Bertz CT molecular complexity index is 553. The van der Waals surface area contributed by atoms with Gasteiger partial charge >= 0.3 is 0 Å². The van der Waals surface area contributed by atoms with Crippen LogP contribution in [-0.2, 0) is 0 Å². The first-order valence-electron chi connectivity index (χ1n) is 6.35. The van der Waals surface area contributed by atoms with E-state index in [1.54, 1.807) is 0 Å². The minimum atomic E-state index is 0.241. The maximum Gasteiger partial charge on any atom is 0.0684 e. The van der Waals surface area contributed by atoms with Gasteiger partial charge in [0.2, 0.25) is 0 Å². The summed E-state index contributed by atoms with van der Waals surface area (Å²) in [4.78, 5) is 1.38. The Morgan fingerprint density at radius 3 is 2.79 bits per heavy atom. The van der Waals surface area contributed by atoms with Crippen molar-refractivity contribution < 1.29 is 0 Å². The average molecular weight is 406 g/mol. The summed E-state index contributed by atoms with van der Waals surface area (Å²) in [6.45, 7) is 5.36. The summed E-state index contributed by atoms with van der Waals surface area (Å²) >= 11 is 10.4. The summed E-state index contributed by atoms with van der Waals surface area (Å²) in [5.41, 5.74) is 2.61. The molecule has 19 heavy (non-hydrogen) atoms. The van der Waals surface area contributed by atoms with E-state index in [1.165, 1.54) is 19.6 Å². The van der Waals surface area contributed by atoms with Gasteiger partial charge in [0.1, 0.15) is 0 Å². The fourth-order valence-electron chi connectivity index (χ4n) is 2.05. The van der Waals surface area contributed by atoms with Gasteiger partial charge in [-0.1, -0.05) is 18.5 Å². The number of aryl methyl sites for hydroxylation is 1. The molecular formula is C15H17ClINS. The second-order valence-electron chi connectivity index (χ2n) is 4.52. The standard InChI is InChI=1S/C15H17ClINS/c1-3-7-18-14(15-10(2)6-8-19-15)12-9-11(16)4-5-13(12)17/h4-6,8-9,14,18H,3,7H2,1-2H3. The Morgan fingerprint density at radius 1 is 1.37 bits per heavy atom. The Balaban J connectivity index is 2.42. The number of hydrogen-bond donors (Lipinski definition) is 1. The minimum Gasteiger partial charge on any atom is -0.306 e. The first-order chi connectivity index (χ1) is 9.13. The second-order valence-corrected chi connectivity index (χ2v) is 7.07. The van der Waals surface area contributed by atoms with Crippen molar-refractivity contribution in [1.29, 1.82) is 0 Å². The molecule has 1 N–H and O–H groups in total. The van der Waals surface area contributed by atoms with Crippen LogP contribution in [0.2, 0.25) is 5.02 Å². The summed E-state index contributed by atoms with van der Waals surface area (Å²) in [6.07, 6.45) is 1.12. The molecule has 2 aromatic rings. The molecule has 0 aliphatic heterocycles. The number of benzene rings is 1. The van der Waals surface area contributed by atoms with Gasteiger partial charge in [0.25, 0.3) is 0 Å². The Kier molecular flexibility index (Phi) is 5.69. The van der Waals surface area contributed by atoms with Gasteiger partial charge < -0.3 is 5.32 Å². The predicted octanol–water partition coefficient (Wildman–Crippen LogP) is 5.40. The van der Waals surface area contributed by atoms with Crippen molar-refractivity contribution >= 4 is 45.5 Å². The zero-order chi connectivity index (χ0) is 13.8. The van der Waals surface area contributed by atoms with Crippen LogP contribution in [0.3, 0.4) is 0 Å². The number of rotatable bonds is 5. The van der Waals surface area contributed by atoms with Gasteiger partial charge in [0.15, 0.2) is 0 Å². The van der Waals surface area contributed by atoms with E-state index in [9.17, 15) is 0 Å². The van der Waals surface area contributed by atoms with E-state index in [1.807, 2.05) is 17.4 Å². The summed E-state index contributed by atoms with van der Waals surface area (Å²) in [5, 5.41) is 6.60. The zero-order valence-corrected chi connectivity index (χ0v) is 14.8. The fourth-order valence-corrected chi connectivity index (χ4v) is 3.90.